The van der Waals surface area contributed by atoms with E-state index >= 15 is 0 Å². The first kappa shape index (κ1) is 18.5. The van der Waals surface area contributed by atoms with Gasteiger partial charge in [0.2, 0.25) is 0 Å². The Morgan fingerprint density at radius 3 is 2.52 bits per heavy atom. The highest BCUT2D eigenvalue weighted by atomic mass is 32.2. The molecule has 0 saturated carbocycles. The largest absolute Gasteiger partial charge is 0.487 e. The SMILES string of the molecule is CC(C)(CN1CCC2(C1)CS(=O)(=O)C2)Oc1cccc(C(F)(F)F)c1. The van der Waals surface area contributed by atoms with Crippen LogP contribution in [0.3, 0.4) is 0 Å². The number of rotatable bonds is 4. The predicted molar refractivity (Wildman–Crippen MR) is 88.3 cm³/mol. The molecule has 8 heteroatoms. The van der Waals surface area contributed by atoms with E-state index < -0.39 is 27.2 Å². The van der Waals surface area contributed by atoms with Crippen LogP contribution in [0.2, 0.25) is 0 Å². The number of sulfone groups is 1. The van der Waals surface area contributed by atoms with E-state index in [9.17, 15) is 21.6 Å². The van der Waals surface area contributed by atoms with Crippen LogP contribution in [0.1, 0.15) is 25.8 Å². The molecule has 25 heavy (non-hydrogen) atoms. The zero-order valence-electron chi connectivity index (χ0n) is 14.3. The normalized spacial score (nSPS) is 22.8. The van der Waals surface area contributed by atoms with Gasteiger partial charge in [-0.2, -0.15) is 13.2 Å². The quantitative estimate of drug-likeness (QED) is 0.809. The third kappa shape index (κ3) is 4.28. The van der Waals surface area contributed by atoms with Crippen LogP contribution in [0.15, 0.2) is 24.3 Å². The van der Waals surface area contributed by atoms with Crippen molar-refractivity contribution in [2.24, 2.45) is 5.41 Å². The molecule has 3 rings (SSSR count). The van der Waals surface area contributed by atoms with Gasteiger partial charge >= 0.3 is 6.18 Å². The first-order valence-corrected chi connectivity index (χ1v) is 10.00. The molecule has 0 aliphatic carbocycles. The Hall–Kier alpha value is -1.28. The molecule has 0 radical (unpaired) electrons. The lowest BCUT2D eigenvalue weighted by Crippen LogP contribution is -2.51. The lowest BCUT2D eigenvalue weighted by Gasteiger charge is -2.38. The van der Waals surface area contributed by atoms with Crippen LogP contribution in [0.25, 0.3) is 0 Å². The molecule has 2 aliphatic heterocycles. The Morgan fingerprint density at radius 2 is 1.92 bits per heavy atom. The maximum absolute atomic E-state index is 12.8. The van der Waals surface area contributed by atoms with Crippen molar-refractivity contribution in [3.63, 3.8) is 0 Å². The third-order valence-corrected chi connectivity index (χ3v) is 6.83. The van der Waals surface area contributed by atoms with Crippen molar-refractivity contribution in [1.29, 1.82) is 0 Å². The maximum atomic E-state index is 12.8. The molecule has 1 aromatic rings. The first-order valence-electron chi connectivity index (χ1n) is 8.17. The fourth-order valence-corrected chi connectivity index (χ4v) is 6.17. The minimum Gasteiger partial charge on any atom is -0.487 e. The monoisotopic (exact) mass is 377 g/mol. The Balaban J connectivity index is 1.62. The van der Waals surface area contributed by atoms with Gasteiger partial charge in [-0.05, 0) is 45.0 Å². The second kappa shape index (κ2) is 5.87. The van der Waals surface area contributed by atoms with Crippen molar-refractivity contribution in [1.82, 2.24) is 4.90 Å². The van der Waals surface area contributed by atoms with Crippen LogP contribution < -0.4 is 4.74 Å². The van der Waals surface area contributed by atoms with Crippen molar-refractivity contribution < 1.29 is 26.3 Å². The number of alkyl halides is 3. The van der Waals surface area contributed by atoms with Gasteiger partial charge in [0.1, 0.15) is 11.4 Å². The van der Waals surface area contributed by atoms with Gasteiger partial charge in [-0.15, -0.1) is 0 Å². The van der Waals surface area contributed by atoms with E-state index in [1.807, 2.05) is 13.8 Å². The first-order chi connectivity index (χ1) is 11.4. The van der Waals surface area contributed by atoms with Crippen molar-refractivity contribution in [3.8, 4) is 5.75 Å². The third-order valence-electron chi connectivity index (χ3n) is 4.73. The summed E-state index contributed by atoms with van der Waals surface area (Å²) in [5.74, 6) is 0.663. The van der Waals surface area contributed by atoms with Crippen molar-refractivity contribution in [3.05, 3.63) is 29.8 Å². The predicted octanol–water partition coefficient (Wildman–Crippen LogP) is 2.98. The Bertz CT molecular complexity index is 747. The van der Waals surface area contributed by atoms with Crippen LogP contribution in [-0.4, -0.2) is 50.1 Å². The van der Waals surface area contributed by atoms with Crippen LogP contribution in [0.5, 0.6) is 5.75 Å². The fourth-order valence-electron chi connectivity index (χ4n) is 3.91. The van der Waals surface area contributed by atoms with E-state index in [0.29, 0.717) is 13.1 Å². The maximum Gasteiger partial charge on any atom is 0.416 e. The highest BCUT2D eigenvalue weighted by Gasteiger charge is 2.52. The highest BCUT2D eigenvalue weighted by molar-refractivity contribution is 7.92. The topological polar surface area (TPSA) is 46.6 Å². The van der Waals surface area contributed by atoms with Gasteiger partial charge in [0, 0.05) is 18.5 Å². The summed E-state index contributed by atoms with van der Waals surface area (Å²) < 4.78 is 67.1. The number of halogens is 3. The molecule has 0 N–H and O–H groups in total. The minimum atomic E-state index is -4.40. The van der Waals surface area contributed by atoms with Crippen molar-refractivity contribution in [2.45, 2.75) is 32.0 Å². The van der Waals surface area contributed by atoms with E-state index in [-0.39, 0.29) is 22.7 Å². The number of ether oxygens (including phenoxy) is 1. The van der Waals surface area contributed by atoms with Gasteiger partial charge in [-0.3, -0.25) is 4.90 Å². The van der Waals surface area contributed by atoms with Gasteiger partial charge in [-0.1, -0.05) is 6.07 Å². The molecule has 140 valence electrons. The summed E-state index contributed by atoms with van der Waals surface area (Å²) in [6.07, 6.45) is -3.56. The molecule has 2 heterocycles. The zero-order chi connectivity index (χ0) is 18.5. The van der Waals surface area contributed by atoms with Gasteiger partial charge < -0.3 is 4.74 Å². The Kier molecular flexibility index (Phi) is 4.35. The molecular weight excluding hydrogens is 355 g/mol. The fraction of sp³-hybridized carbons (Fsp3) is 0.647. The van der Waals surface area contributed by atoms with E-state index in [2.05, 4.69) is 4.90 Å². The van der Waals surface area contributed by atoms with Gasteiger partial charge in [-0.25, -0.2) is 8.42 Å². The molecular formula is C17H22F3NO3S. The van der Waals surface area contributed by atoms with Gasteiger partial charge in [0.05, 0.1) is 17.1 Å². The van der Waals surface area contributed by atoms with Gasteiger partial charge in [0.15, 0.2) is 9.84 Å². The van der Waals surface area contributed by atoms with Crippen molar-refractivity contribution >= 4 is 9.84 Å². The highest BCUT2D eigenvalue weighted by Crippen LogP contribution is 2.42. The second-order valence-electron chi connectivity index (χ2n) is 7.88. The molecule has 0 unspecified atom stereocenters. The molecule has 0 bridgehead atoms. The standard InChI is InChI=1S/C17H22F3NO3S/c1-15(2,24-14-5-3-4-13(8-14)17(18,19)20)9-21-7-6-16(10-21)11-25(22,23)12-16/h3-5,8H,6-7,9-12H2,1-2H3. The Morgan fingerprint density at radius 1 is 1.24 bits per heavy atom. The summed E-state index contributed by atoms with van der Waals surface area (Å²) in [5.41, 5.74) is -1.55. The molecule has 1 spiro atoms. The summed E-state index contributed by atoms with van der Waals surface area (Å²) in [7, 11) is -2.87. The summed E-state index contributed by atoms with van der Waals surface area (Å²) >= 11 is 0. The lowest BCUT2D eigenvalue weighted by molar-refractivity contribution is -0.137. The molecule has 4 nitrogen and oxygen atoms in total. The average Bonchev–Trinajstić information content (AvgIpc) is 2.78. The van der Waals surface area contributed by atoms with E-state index in [1.165, 1.54) is 12.1 Å². The number of hydrogen-bond donors (Lipinski definition) is 0. The minimum absolute atomic E-state index is 0.134. The number of benzene rings is 1. The summed E-state index contributed by atoms with van der Waals surface area (Å²) in [6, 6.07) is 4.87. The van der Waals surface area contributed by atoms with E-state index in [1.54, 1.807) is 0 Å². The second-order valence-corrected chi connectivity index (χ2v) is 9.94. The summed E-state index contributed by atoms with van der Waals surface area (Å²) in [5, 5.41) is 0. The zero-order valence-corrected chi connectivity index (χ0v) is 15.1. The Labute approximate surface area is 145 Å². The lowest BCUT2D eigenvalue weighted by atomic mass is 9.91. The molecule has 0 aromatic heterocycles. The van der Waals surface area contributed by atoms with Crippen LogP contribution in [0.4, 0.5) is 13.2 Å². The van der Waals surface area contributed by atoms with Crippen LogP contribution >= 0.6 is 0 Å². The van der Waals surface area contributed by atoms with Crippen molar-refractivity contribution in [2.75, 3.05) is 31.1 Å². The number of hydrogen-bond acceptors (Lipinski definition) is 4. The number of nitrogens with zero attached hydrogens (tertiary/aromatic N) is 1. The van der Waals surface area contributed by atoms with Gasteiger partial charge in [0.25, 0.3) is 0 Å². The van der Waals surface area contributed by atoms with Crippen LogP contribution in [0, 0.1) is 5.41 Å². The molecule has 2 aliphatic rings. The molecule has 0 amide bonds. The smallest absolute Gasteiger partial charge is 0.416 e. The van der Waals surface area contributed by atoms with E-state index in [4.69, 9.17) is 4.74 Å². The average molecular weight is 377 g/mol. The molecule has 2 saturated heterocycles. The number of likely N-dealkylation sites (tertiary alicyclic amines) is 1. The summed E-state index contributed by atoms with van der Waals surface area (Å²) in [4.78, 5) is 2.14. The van der Waals surface area contributed by atoms with Crippen LogP contribution in [-0.2, 0) is 16.0 Å². The molecule has 0 atom stereocenters. The summed E-state index contributed by atoms with van der Waals surface area (Å²) in [6.45, 7) is 5.67. The van der Waals surface area contributed by atoms with E-state index in [0.717, 1.165) is 25.1 Å². The molecule has 2 fully saturated rings. The molecule has 1 aromatic carbocycles.